The first-order chi connectivity index (χ1) is 15.5. The average Bonchev–Trinajstić information content (AvgIpc) is 3.10. The molecule has 0 saturated carbocycles. The van der Waals surface area contributed by atoms with Crippen molar-refractivity contribution in [1.29, 1.82) is 0 Å². The highest BCUT2D eigenvalue weighted by Gasteiger charge is 2.24. The number of carboxylic acids is 1. The van der Waals surface area contributed by atoms with Gasteiger partial charge in [0.15, 0.2) is 11.5 Å². The molecule has 0 aliphatic carbocycles. The van der Waals surface area contributed by atoms with Gasteiger partial charge in [-0.1, -0.05) is 46.3 Å². The van der Waals surface area contributed by atoms with Gasteiger partial charge in [-0.2, -0.15) is 0 Å². The number of hydrogen-bond donors (Lipinski definition) is 2. The summed E-state index contributed by atoms with van der Waals surface area (Å²) in [6.45, 7) is 2.59. The first-order valence-electron chi connectivity index (χ1n) is 10.00. The molecule has 1 heterocycles. The van der Waals surface area contributed by atoms with Crippen molar-refractivity contribution in [3.05, 3.63) is 87.4 Å². The summed E-state index contributed by atoms with van der Waals surface area (Å²) < 4.78 is 12.5. The maximum Gasteiger partial charge on any atom is 0.335 e. The Balaban J connectivity index is 1.61. The van der Waals surface area contributed by atoms with Gasteiger partial charge in [-0.05, 0) is 54.5 Å². The van der Waals surface area contributed by atoms with Gasteiger partial charge in [0.05, 0.1) is 12.2 Å². The van der Waals surface area contributed by atoms with Crippen LogP contribution in [-0.4, -0.2) is 23.6 Å². The molecule has 6 nitrogen and oxygen atoms in total. The van der Waals surface area contributed by atoms with E-state index in [4.69, 9.17) is 14.6 Å². The maximum atomic E-state index is 12.5. The van der Waals surface area contributed by atoms with Crippen LogP contribution in [0.3, 0.4) is 0 Å². The van der Waals surface area contributed by atoms with Gasteiger partial charge in [-0.15, -0.1) is 0 Å². The van der Waals surface area contributed by atoms with E-state index < -0.39 is 5.97 Å². The molecule has 2 N–H and O–H groups in total. The van der Waals surface area contributed by atoms with E-state index in [-0.39, 0.29) is 18.1 Å². The van der Waals surface area contributed by atoms with Crippen molar-refractivity contribution in [2.45, 2.75) is 13.5 Å². The minimum absolute atomic E-state index is 0.152. The standard InChI is InChI=1S/C25H20BrNO5/c1-2-31-22-12-17(11-19-18-5-3-4-6-21(18)27-24(19)28)20(26)13-23(22)32-14-15-7-9-16(10-8-15)25(29)30/h3-13H,2,14H2,1H3,(H,27,28)(H,29,30)/b19-11-. The lowest BCUT2D eigenvalue weighted by Crippen LogP contribution is -2.04. The molecule has 0 saturated heterocycles. The van der Waals surface area contributed by atoms with E-state index in [1.54, 1.807) is 24.3 Å². The second kappa shape index (κ2) is 9.28. The Labute approximate surface area is 193 Å². The van der Waals surface area contributed by atoms with Crippen molar-refractivity contribution >= 4 is 45.1 Å². The molecule has 0 fully saturated rings. The van der Waals surface area contributed by atoms with Crippen molar-refractivity contribution in [2.75, 3.05) is 11.9 Å². The fourth-order valence-corrected chi connectivity index (χ4v) is 3.82. The van der Waals surface area contributed by atoms with E-state index in [1.165, 1.54) is 0 Å². The summed E-state index contributed by atoms with van der Waals surface area (Å²) in [7, 11) is 0. The van der Waals surface area contributed by atoms with E-state index in [0.29, 0.717) is 23.7 Å². The monoisotopic (exact) mass is 493 g/mol. The summed E-state index contributed by atoms with van der Waals surface area (Å²) in [6, 6.07) is 17.7. The van der Waals surface area contributed by atoms with Gasteiger partial charge in [-0.3, -0.25) is 4.79 Å². The number of fused-ring (bicyclic) bond motifs is 1. The fraction of sp³-hybridized carbons (Fsp3) is 0.120. The second-order valence-electron chi connectivity index (χ2n) is 7.10. The predicted octanol–water partition coefficient (Wildman–Crippen LogP) is 5.62. The van der Waals surface area contributed by atoms with Gasteiger partial charge in [-0.25, -0.2) is 4.79 Å². The first kappa shape index (κ1) is 21.6. The van der Waals surface area contributed by atoms with Crippen LogP contribution in [-0.2, 0) is 11.4 Å². The number of ether oxygens (including phenoxy) is 2. The molecule has 0 unspecified atom stereocenters. The summed E-state index contributed by atoms with van der Waals surface area (Å²) in [6.07, 6.45) is 1.82. The molecule has 0 atom stereocenters. The third kappa shape index (κ3) is 4.53. The van der Waals surface area contributed by atoms with E-state index in [0.717, 1.165) is 26.9 Å². The lowest BCUT2D eigenvalue weighted by Gasteiger charge is -2.14. The summed E-state index contributed by atoms with van der Waals surface area (Å²) in [5.74, 6) is -0.0274. The smallest absolute Gasteiger partial charge is 0.335 e. The molecule has 32 heavy (non-hydrogen) atoms. The van der Waals surface area contributed by atoms with Crippen LogP contribution in [0, 0.1) is 0 Å². The molecular formula is C25H20BrNO5. The highest BCUT2D eigenvalue weighted by molar-refractivity contribution is 9.10. The third-order valence-corrected chi connectivity index (χ3v) is 5.65. The Morgan fingerprint density at radius 1 is 1.06 bits per heavy atom. The zero-order valence-electron chi connectivity index (χ0n) is 17.2. The number of para-hydroxylation sites is 1. The van der Waals surface area contributed by atoms with Crippen molar-refractivity contribution in [1.82, 2.24) is 0 Å². The first-order valence-corrected chi connectivity index (χ1v) is 10.8. The molecule has 7 heteroatoms. The number of carbonyl (C=O) groups excluding carboxylic acids is 1. The lowest BCUT2D eigenvalue weighted by atomic mass is 10.0. The number of halogens is 1. The van der Waals surface area contributed by atoms with Crippen molar-refractivity contribution < 1.29 is 24.2 Å². The Morgan fingerprint density at radius 3 is 2.50 bits per heavy atom. The molecule has 1 amide bonds. The number of amides is 1. The molecule has 3 aromatic carbocycles. The highest BCUT2D eigenvalue weighted by Crippen LogP contribution is 2.38. The SMILES string of the molecule is CCOc1cc(/C=C2\C(=O)Nc3ccccc32)c(Br)cc1OCc1ccc(C(=O)O)cc1. The van der Waals surface area contributed by atoms with Gasteiger partial charge < -0.3 is 19.9 Å². The molecule has 0 bridgehead atoms. The van der Waals surface area contributed by atoms with E-state index in [2.05, 4.69) is 21.2 Å². The van der Waals surface area contributed by atoms with Crippen LogP contribution < -0.4 is 14.8 Å². The minimum Gasteiger partial charge on any atom is -0.490 e. The third-order valence-electron chi connectivity index (χ3n) is 4.97. The van der Waals surface area contributed by atoms with Gasteiger partial charge >= 0.3 is 5.97 Å². The predicted molar refractivity (Wildman–Crippen MR) is 126 cm³/mol. The second-order valence-corrected chi connectivity index (χ2v) is 7.96. The number of anilines is 1. The van der Waals surface area contributed by atoms with E-state index >= 15 is 0 Å². The van der Waals surface area contributed by atoms with Crippen LogP contribution in [0.5, 0.6) is 11.5 Å². The summed E-state index contributed by atoms with van der Waals surface area (Å²) in [5.41, 5.74) is 4.07. The summed E-state index contributed by atoms with van der Waals surface area (Å²) in [4.78, 5) is 23.5. The van der Waals surface area contributed by atoms with Gasteiger partial charge in [0.1, 0.15) is 6.61 Å². The molecule has 3 aromatic rings. The van der Waals surface area contributed by atoms with Crippen molar-refractivity contribution in [3.63, 3.8) is 0 Å². The van der Waals surface area contributed by atoms with Gasteiger partial charge in [0, 0.05) is 21.3 Å². The minimum atomic E-state index is -0.969. The number of benzene rings is 3. The number of rotatable bonds is 7. The normalized spacial score (nSPS) is 13.6. The number of hydrogen-bond acceptors (Lipinski definition) is 4. The largest absolute Gasteiger partial charge is 0.490 e. The Hall–Kier alpha value is -3.58. The summed E-state index contributed by atoms with van der Waals surface area (Å²) >= 11 is 3.57. The Kier molecular flexibility index (Phi) is 6.28. The molecule has 1 aliphatic heterocycles. The van der Waals surface area contributed by atoms with Crippen LogP contribution in [0.2, 0.25) is 0 Å². The molecule has 162 valence electrons. The van der Waals surface area contributed by atoms with Crippen molar-refractivity contribution in [2.24, 2.45) is 0 Å². The number of carboxylic acid groups (broad SMARTS) is 1. The average molecular weight is 494 g/mol. The zero-order valence-corrected chi connectivity index (χ0v) is 18.8. The zero-order chi connectivity index (χ0) is 22.7. The van der Waals surface area contributed by atoms with Crippen LogP contribution in [0.4, 0.5) is 5.69 Å². The van der Waals surface area contributed by atoms with Crippen LogP contribution >= 0.6 is 15.9 Å². The molecule has 4 rings (SSSR count). The lowest BCUT2D eigenvalue weighted by molar-refractivity contribution is -0.110. The molecule has 0 aromatic heterocycles. The van der Waals surface area contributed by atoms with Crippen molar-refractivity contribution in [3.8, 4) is 11.5 Å². The van der Waals surface area contributed by atoms with Gasteiger partial charge in [0.2, 0.25) is 0 Å². The quantitative estimate of drug-likeness (QED) is 0.417. The Bertz CT molecular complexity index is 1220. The van der Waals surface area contributed by atoms with Gasteiger partial charge in [0.25, 0.3) is 5.91 Å². The number of nitrogens with one attached hydrogen (secondary N) is 1. The number of aromatic carboxylic acids is 1. The molecule has 1 aliphatic rings. The summed E-state index contributed by atoms with van der Waals surface area (Å²) in [5, 5.41) is 11.9. The maximum absolute atomic E-state index is 12.5. The van der Waals surface area contributed by atoms with Crippen LogP contribution in [0.25, 0.3) is 11.6 Å². The van der Waals surface area contributed by atoms with E-state index in [9.17, 15) is 9.59 Å². The highest BCUT2D eigenvalue weighted by atomic mass is 79.9. The fourth-order valence-electron chi connectivity index (χ4n) is 3.38. The molecular weight excluding hydrogens is 474 g/mol. The molecule has 0 spiro atoms. The van der Waals surface area contributed by atoms with Crippen LogP contribution in [0.15, 0.2) is 65.1 Å². The van der Waals surface area contributed by atoms with E-state index in [1.807, 2.05) is 49.4 Å². The number of carbonyl (C=O) groups is 2. The van der Waals surface area contributed by atoms with Crippen LogP contribution in [0.1, 0.15) is 34.0 Å². The molecule has 0 radical (unpaired) electrons. The topological polar surface area (TPSA) is 84.9 Å². The Morgan fingerprint density at radius 2 is 1.78 bits per heavy atom.